The first-order valence-corrected chi connectivity index (χ1v) is 37.1. The maximum atomic E-state index is 15.5. The van der Waals surface area contributed by atoms with Crippen LogP contribution in [0.1, 0.15) is 210 Å². The Morgan fingerprint density at radius 3 is 1.73 bits per heavy atom. The van der Waals surface area contributed by atoms with E-state index in [4.69, 9.17) is 11.6 Å². The van der Waals surface area contributed by atoms with Gasteiger partial charge in [0.05, 0.1) is 12.5 Å². The molecule has 3 heterocycles. The predicted molar refractivity (Wildman–Crippen MR) is 368 cm³/mol. The van der Waals surface area contributed by atoms with Crippen LogP contribution in [-0.4, -0.2) is 238 Å². The zero-order valence-electron chi connectivity index (χ0n) is 61.7. The van der Waals surface area contributed by atoms with Crippen LogP contribution in [0.4, 0.5) is 13.2 Å². The van der Waals surface area contributed by atoms with Gasteiger partial charge in [-0.05, 0) is 132 Å². The van der Waals surface area contributed by atoms with Crippen LogP contribution in [0.5, 0.6) is 0 Å². The SMILES string of the molecule is CC[C@H](C)[C@@H]1NC(=O)[C@H](CC(C)C)N(C)C(=O)C[C@@H](CC(C)C)N(C)C(=O)[C@H]([C@@H](C)CC)N(C)C(=O)C2(CCCC2)NC(=O)[C@@H]2CCCN2C(=O)[C@H](CCC2CCC(C(F)(F)F)C(Cl)C2)NC(=O)CN(C)C(=O)[C@H](CC2CCC(C)CC2)N(C)C(=O)[C@@H]2CCN2C(=O)[C@H](C)N(C)C1=O. The summed E-state index contributed by atoms with van der Waals surface area (Å²) in [4.78, 5) is 176. The zero-order chi connectivity index (χ0) is 73.2. The molecule has 3 saturated carbocycles. The van der Waals surface area contributed by atoms with Gasteiger partial charge in [-0.2, -0.15) is 13.2 Å². The van der Waals surface area contributed by atoms with Gasteiger partial charge in [-0.25, -0.2) is 0 Å². The van der Waals surface area contributed by atoms with Crippen molar-refractivity contribution >= 4 is 76.6 Å². The van der Waals surface area contributed by atoms with Crippen molar-refractivity contribution in [2.75, 3.05) is 61.9 Å². The Morgan fingerprint density at radius 1 is 0.571 bits per heavy atom. The van der Waals surface area contributed by atoms with Crippen molar-refractivity contribution in [3.8, 4) is 0 Å². The molecule has 14 atom stereocenters. The fourth-order valence-electron chi connectivity index (χ4n) is 16.0. The first-order chi connectivity index (χ1) is 45.9. The second-order valence-corrected chi connectivity index (χ2v) is 31.8. The predicted octanol–water partition coefficient (Wildman–Crippen LogP) is 7.76. The minimum atomic E-state index is -4.50. The minimum absolute atomic E-state index is 0.0153. The van der Waals surface area contributed by atoms with Gasteiger partial charge in [-0.15, -0.1) is 11.6 Å². The topological polar surface area (TPSA) is 250 Å². The van der Waals surface area contributed by atoms with Gasteiger partial charge in [0.25, 0.3) is 0 Å². The van der Waals surface area contributed by atoms with Gasteiger partial charge >= 0.3 is 6.18 Å². The normalized spacial score (nSPS) is 32.1. The molecule has 26 heteroatoms. The number of alkyl halides is 4. The lowest BCUT2D eigenvalue weighted by Gasteiger charge is -2.45. The third-order valence-electron chi connectivity index (χ3n) is 23.1. The number of likely N-dealkylation sites (N-methyl/N-ethyl adjacent to an activating group) is 6. The number of rotatable bonds is 13. The summed E-state index contributed by atoms with van der Waals surface area (Å²) in [5.74, 6) is -8.63. The monoisotopic (exact) mass is 1410 g/mol. The van der Waals surface area contributed by atoms with E-state index in [9.17, 15) is 41.9 Å². The smallest absolute Gasteiger partial charge is 0.343 e. The van der Waals surface area contributed by atoms with Gasteiger partial charge in [-0.1, -0.05) is 114 Å². The van der Waals surface area contributed by atoms with E-state index in [1.165, 1.54) is 67.4 Å². The Hall–Kier alpha value is -5.75. The first-order valence-electron chi connectivity index (χ1n) is 36.7. The number of halogens is 4. The number of nitrogens with zero attached hydrogens (tertiary/aromatic N) is 8. The van der Waals surface area contributed by atoms with Gasteiger partial charge < -0.3 is 55.1 Å². The van der Waals surface area contributed by atoms with Crippen LogP contribution in [0.25, 0.3) is 0 Å². The van der Waals surface area contributed by atoms with Crippen LogP contribution in [0.15, 0.2) is 0 Å². The Morgan fingerprint density at radius 2 is 1.17 bits per heavy atom. The molecule has 6 fully saturated rings. The van der Waals surface area contributed by atoms with Crippen molar-refractivity contribution in [3.63, 3.8) is 0 Å². The highest BCUT2D eigenvalue weighted by Crippen LogP contribution is 2.44. The summed E-state index contributed by atoms with van der Waals surface area (Å²) in [6.45, 7) is 18.6. The highest BCUT2D eigenvalue weighted by Gasteiger charge is 2.52. The van der Waals surface area contributed by atoms with E-state index in [0.29, 0.717) is 44.4 Å². The summed E-state index contributed by atoms with van der Waals surface area (Å²) in [5.41, 5.74) is -1.49. The lowest BCUT2D eigenvalue weighted by atomic mass is 9.78. The molecular weight excluding hydrogens is 1290 g/mol. The molecule has 0 aromatic rings. The van der Waals surface area contributed by atoms with Crippen molar-refractivity contribution < 1.29 is 65.9 Å². The number of amides is 11. The summed E-state index contributed by atoms with van der Waals surface area (Å²) in [6, 6.07) is -9.62. The van der Waals surface area contributed by atoms with E-state index in [2.05, 4.69) is 22.9 Å². The maximum Gasteiger partial charge on any atom is 0.393 e. The van der Waals surface area contributed by atoms with Gasteiger partial charge in [0.15, 0.2) is 0 Å². The first kappa shape index (κ1) is 81.2. The number of carbonyl (C=O) groups is 11. The fourth-order valence-corrected chi connectivity index (χ4v) is 16.5. The molecule has 6 rings (SSSR count). The molecule has 11 amide bonds. The zero-order valence-corrected chi connectivity index (χ0v) is 62.4. The molecule has 556 valence electrons. The molecular formula is C72H119ClF3N11O11. The molecule has 3 saturated heterocycles. The van der Waals surface area contributed by atoms with E-state index in [-0.39, 0.29) is 114 Å². The number of hydrogen-bond donors (Lipinski definition) is 3. The Labute approximate surface area is 586 Å². The van der Waals surface area contributed by atoms with Crippen LogP contribution in [0, 0.1) is 47.3 Å². The van der Waals surface area contributed by atoms with E-state index in [0.717, 1.165) is 25.7 Å². The van der Waals surface area contributed by atoms with Crippen LogP contribution in [0.2, 0.25) is 0 Å². The van der Waals surface area contributed by atoms with Crippen LogP contribution in [0.3, 0.4) is 0 Å². The molecule has 1 spiro atoms. The highest BCUT2D eigenvalue weighted by molar-refractivity contribution is 6.20. The maximum absolute atomic E-state index is 15.5. The van der Waals surface area contributed by atoms with E-state index < -0.39 is 161 Å². The summed E-state index contributed by atoms with van der Waals surface area (Å²) < 4.78 is 42.0. The summed E-state index contributed by atoms with van der Waals surface area (Å²) in [7, 11) is 9.10. The van der Waals surface area contributed by atoms with E-state index >= 15 is 24.0 Å². The summed E-state index contributed by atoms with van der Waals surface area (Å²) in [6.07, 6.45) is 3.04. The summed E-state index contributed by atoms with van der Waals surface area (Å²) in [5, 5.41) is 7.73. The molecule has 3 unspecified atom stereocenters. The van der Waals surface area contributed by atoms with Crippen LogP contribution < -0.4 is 16.0 Å². The van der Waals surface area contributed by atoms with Crippen molar-refractivity contribution in [2.45, 2.75) is 282 Å². The number of nitrogens with one attached hydrogen (secondary N) is 3. The molecule has 0 aromatic heterocycles. The van der Waals surface area contributed by atoms with Crippen molar-refractivity contribution in [2.24, 2.45) is 47.3 Å². The Bertz CT molecular complexity index is 2820. The molecule has 3 aliphatic heterocycles. The minimum Gasteiger partial charge on any atom is -0.343 e. The van der Waals surface area contributed by atoms with E-state index in [1.807, 2.05) is 55.4 Å². The van der Waals surface area contributed by atoms with Gasteiger partial charge in [0, 0.05) is 73.2 Å². The third-order valence-corrected chi connectivity index (χ3v) is 23.6. The number of fused-ring (bicyclic) bond motifs is 2. The van der Waals surface area contributed by atoms with Gasteiger partial charge in [-0.3, -0.25) is 52.7 Å². The highest BCUT2D eigenvalue weighted by atomic mass is 35.5. The average Bonchev–Trinajstić information content (AvgIpc) is 1.32. The molecule has 22 nitrogen and oxygen atoms in total. The van der Waals surface area contributed by atoms with Gasteiger partial charge in [0.2, 0.25) is 65.0 Å². The molecule has 0 bridgehead atoms. The second kappa shape index (κ2) is 35.2. The summed E-state index contributed by atoms with van der Waals surface area (Å²) >= 11 is 6.41. The van der Waals surface area contributed by atoms with Gasteiger partial charge in [0.1, 0.15) is 53.9 Å². The third kappa shape index (κ3) is 19.7. The lowest BCUT2D eigenvalue weighted by Crippen LogP contribution is -2.65. The van der Waals surface area contributed by atoms with Crippen molar-refractivity contribution in [1.29, 1.82) is 0 Å². The Balaban J connectivity index is 1.41. The average molecular weight is 1410 g/mol. The van der Waals surface area contributed by atoms with Crippen molar-refractivity contribution in [3.05, 3.63) is 0 Å². The van der Waals surface area contributed by atoms with Crippen LogP contribution >= 0.6 is 11.6 Å². The molecule has 0 aromatic carbocycles. The molecule has 0 radical (unpaired) electrons. The molecule has 3 aliphatic carbocycles. The fraction of sp³-hybridized carbons (Fsp3) is 0.847. The quantitative estimate of drug-likeness (QED) is 0.150. The lowest BCUT2D eigenvalue weighted by molar-refractivity contribution is -0.182. The molecule has 98 heavy (non-hydrogen) atoms. The largest absolute Gasteiger partial charge is 0.393 e. The Kier molecular flexibility index (Phi) is 29.2. The van der Waals surface area contributed by atoms with E-state index in [1.54, 1.807) is 21.0 Å². The molecule has 6 aliphatic rings. The number of carbonyl (C=O) groups excluding carboxylic acids is 11. The van der Waals surface area contributed by atoms with Crippen LogP contribution in [-0.2, 0) is 52.7 Å². The van der Waals surface area contributed by atoms with Crippen molar-refractivity contribution in [1.82, 2.24) is 55.1 Å². The number of hydrogen-bond acceptors (Lipinski definition) is 11. The second-order valence-electron chi connectivity index (χ2n) is 31.2. The molecule has 3 N–H and O–H groups in total. The standard InChI is InChI=1S/C72H119ClF3N11O11/c1-17-45(8)60-68(96)81(12)47(10)64(92)87-35-31-55(87)67(95)84(15)57(39-49-25-23-44(7)24-26-49)66(94)80(11)41-58(88)77-53(30-28-48-27-29-51(52(73)38-48)72(74,75)76)65(93)86-34-21-22-54(86)63(91)79-71(32-19-20-33-71)70(98)85(16)61(46(9)18-2)69(97)82(13)50(36-42(3)4)40-59(89)83(14)56(37-43(5)6)62(90)78-60/h42-57,60-61H,17-41H2,1-16H3,(H,77,88)(H,78,90)(H,79,91)/t44?,45-,46-,47-,48?,49?,50+,51?,52?,53-,54-,55-,56-,57-,60-,61-/m0/s1.